The lowest BCUT2D eigenvalue weighted by Gasteiger charge is -2.34. The first-order valence-corrected chi connectivity index (χ1v) is 13.3. The van der Waals surface area contributed by atoms with Gasteiger partial charge in [0.15, 0.2) is 0 Å². The van der Waals surface area contributed by atoms with Crippen LogP contribution < -0.4 is 15.0 Å². The van der Waals surface area contributed by atoms with E-state index in [4.69, 9.17) is 4.74 Å². The van der Waals surface area contributed by atoms with E-state index in [1.54, 1.807) is 7.11 Å². The molecule has 36 heavy (non-hydrogen) atoms. The second kappa shape index (κ2) is 10.7. The predicted molar refractivity (Wildman–Crippen MR) is 147 cm³/mol. The fraction of sp³-hybridized carbons (Fsp3) is 0.310. The normalized spacial score (nSPS) is 14.2. The molecule has 0 atom stereocenters. The average molecular weight is 547 g/mol. The van der Waals surface area contributed by atoms with Gasteiger partial charge >= 0.3 is 0 Å². The summed E-state index contributed by atoms with van der Waals surface area (Å²) in [6, 6.07) is 20.9. The Bertz CT molecular complexity index is 1340. The minimum atomic E-state index is -0.105. The second-order valence-electron chi connectivity index (χ2n) is 9.22. The molecule has 186 valence electrons. The Morgan fingerprint density at radius 2 is 1.81 bits per heavy atom. The van der Waals surface area contributed by atoms with Gasteiger partial charge in [-0.05, 0) is 72.7 Å². The van der Waals surface area contributed by atoms with E-state index in [1.165, 1.54) is 11.3 Å². The molecule has 0 unspecified atom stereocenters. The van der Waals surface area contributed by atoms with Gasteiger partial charge in [0.05, 0.1) is 12.8 Å². The quantitative estimate of drug-likeness (QED) is 0.309. The number of methoxy groups -OCH3 is 1. The van der Waals surface area contributed by atoms with E-state index < -0.39 is 0 Å². The number of hydrogen-bond acceptors (Lipinski definition) is 4. The summed E-state index contributed by atoms with van der Waals surface area (Å²) in [5.74, 6) is 1.40. The SMILES string of the molecule is CCc1nc2cc(Br)ccn2c1C(=O)NCc1ccc(N2CCC(c3ccc(OC)cc3)CC2)cc1. The van der Waals surface area contributed by atoms with Crippen LogP contribution in [0.1, 0.15) is 53.0 Å². The number of amides is 1. The Kier molecular flexibility index (Phi) is 7.28. The lowest BCUT2D eigenvalue weighted by atomic mass is 9.89. The van der Waals surface area contributed by atoms with Crippen LogP contribution >= 0.6 is 15.9 Å². The van der Waals surface area contributed by atoms with Crippen LogP contribution in [0.15, 0.2) is 71.3 Å². The minimum absolute atomic E-state index is 0.105. The molecule has 4 aromatic rings. The first kappa shape index (κ1) is 24.4. The number of benzene rings is 2. The molecule has 0 aliphatic carbocycles. The van der Waals surface area contributed by atoms with E-state index in [2.05, 4.69) is 79.7 Å². The molecule has 1 aliphatic rings. The Balaban J connectivity index is 1.18. The largest absolute Gasteiger partial charge is 0.497 e. The zero-order valence-electron chi connectivity index (χ0n) is 20.7. The maximum Gasteiger partial charge on any atom is 0.270 e. The molecule has 1 N–H and O–H groups in total. The Morgan fingerprint density at radius 1 is 1.08 bits per heavy atom. The van der Waals surface area contributed by atoms with Gasteiger partial charge in [0, 0.05) is 36.0 Å². The summed E-state index contributed by atoms with van der Waals surface area (Å²) < 4.78 is 8.09. The molecule has 6 nitrogen and oxygen atoms in total. The number of rotatable bonds is 7. The highest BCUT2D eigenvalue weighted by Crippen LogP contribution is 2.31. The zero-order valence-corrected chi connectivity index (χ0v) is 22.3. The van der Waals surface area contributed by atoms with Gasteiger partial charge in [-0.2, -0.15) is 0 Å². The number of carbonyl (C=O) groups is 1. The van der Waals surface area contributed by atoms with Crippen molar-refractivity contribution in [2.75, 3.05) is 25.1 Å². The number of anilines is 1. The summed E-state index contributed by atoms with van der Waals surface area (Å²) in [4.78, 5) is 20.1. The van der Waals surface area contributed by atoms with E-state index in [9.17, 15) is 4.79 Å². The summed E-state index contributed by atoms with van der Waals surface area (Å²) in [6.07, 6.45) is 4.86. The van der Waals surface area contributed by atoms with Crippen LogP contribution in [0, 0.1) is 0 Å². The number of hydrogen-bond donors (Lipinski definition) is 1. The number of nitrogens with zero attached hydrogens (tertiary/aromatic N) is 3. The summed E-state index contributed by atoms with van der Waals surface area (Å²) in [5, 5.41) is 3.08. The van der Waals surface area contributed by atoms with Gasteiger partial charge in [0.25, 0.3) is 5.91 Å². The van der Waals surface area contributed by atoms with Gasteiger partial charge in [0.2, 0.25) is 0 Å². The second-order valence-corrected chi connectivity index (χ2v) is 10.1. The molecule has 1 aliphatic heterocycles. The number of carbonyl (C=O) groups excluding carboxylic acids is 1. The molecule has 2 aromatic heterocycles. The summed E-state index contributed by atoms with van der Waals surface area (Å²) in [5.41, 5.74) is 5.89. The molecule has 1 fully saturated rings. The number of fused-ring (bicyclic) bond motifs is 1. The van der Waals surface area contributed by atoms with E-state index in [0.29, 0.717) is 24.6 Å². The molecular formula is C29H31BrN4O2. The van der Waals surface area contributed by atoms with Crippen LogP contribution in [0.4, 0.5) is 5.69 Å². The standard InChI is InChI=1S/C29H31BrN4O2/c1-3-26-28(34-17-14-23(30)18-27(34)32-26)29(35)31-19-20-4-8-24(9-5-20)33-15-12-22(13-16-33)21-6-10-25(36-2)11-7-21/h4-11,14,17-18,22H,3,12-13,15-16,19H2,1-2H3,(H,31,35). The first-order chi connectivity index (χ1) is 17.6. The van der Waals surface area contributed by atoms with Crippen molar-refractivity contribution in [1.82, 2.24) is 14.7 Å². The van der Waals surface area contributed by atoms with Crippen molar-refractivity contribution in [2.45, 2.75) is 38.6 Å². The summed E-state index contributed by atoms with van der Waals surface area (Å²) in [6.45, 7) is 4.58. The molecule has 0 saturated carbocycles. The number of imidazole rings is 1. The van der Waals surface area contributed by atoms with Gasteiger partial charge in [-0.1, -0.05) is 47.1 Å². The van der Waals surface area contributed by atoms with Crippen molar-refractivity contribution in [3.63, 3.8) is 0 Å². The zero-order chi connectivity index (χ0) is 25.1. The minimum Gasteiger partial charge on any atom is -0.497 e. The molecule has 2 aromatic carbocycles. The van der Waals surface area contributed by atoms with E-state index in [1.807, 2.05) is 29.7 Å². The lowest BCUT2D eigenvalue weighted by Crippen LogP contribution is -2.32. The van der Waals surface area contributed by atoms with Crippen molar-refractivity contribution < 1.29 is 9.53 Å². The van der Waals surface area contributed by atoms with Crippen LogP contribution in [-0.4, -0.2) is 35.5 Å². The summed E-state index contributed by atoms with van der Waals surface area (Å²) in [7, 11) is 1.70. The molecule has 0 spiro atoms. The molecule has 1 amide bonds. The van der Waals surface area contributed by atoms with E-state index >= 15 is 0 Å². The third kappa shape index (κ3) is 5.12. The van der Waals surface area contributed by atoms with Crippen LogP contribution in [0.25, 0.3) is 5.65 Å². The van der Waals surface area contributed by atoms with Crippen molar-refractivity contribution in [2.24, 2.45) is 0 Å². The monoisotopic (exact) mass is 546 g/mol. The van der Waals surface area contributed by atoms with E-state index in [0.717, 1.165) is 53.1 Å². The Labute approximate surface area is 220 Å². The van der Waals surface area contributed by atoms with Gasteiger partial charge in [-0.25, -0.2) is 4.98 Å². The number of aryl methyl sites for hydroxylation is 1. The molecule has 0 radical (unpaired) electrons. The van der Waals surface area contributed by atoms with Crippen LogP contribution in [0.5, 0.6) is 5.75 Å². The molecular weight excluding hydrogens is 516 g/mol. The number of ether oxygens (including phenoxy) is 1. The lowest BCUT2D eigenvalue weighted by molar-refractivity contribution is 0.0944. The topological polar surface area (TPSA) is 58.9 Å². The Morgan fingerprint density at radius 3 is 2.47 bits per heavy atom. The van der Waals surface area contributed by atoms with Gasteiger partial charge in [-0.15, -0.1) is 0 Å². The van der Waals surface area contributed by atoms with Gasteiger partial charge in [-0.3, -0.25) is 9.20 Å². The van der Waals surface area contributed by atoms with Crippen LogP contribution in [-0.2, 0) is 13.0 Å². The van der Waals surface area contributed by atoms with Crippen molar-refractivity contribution in [3.8, 4) is 5.75 Å². The highest BCUT2D eigenvalue weighted by atomic mass is 79.9. The van der Waals surface area contributed by atoms with Crippen molar-refractivity contribution in [3.05, 3.63) is 93.8 Å². The molecule has 7 heteroatoms. The maximum absolute atomic E-state index is 13.1. The van der Waals surface area contributed by atoms with Gasteiger partial charge < -0.3 is 15.0 Å². The van der Waals surface area contributed by atoms with E-state index in [-0.39, 0.29) is 5.91 Å². The number of aromatic nitrogens is 2. The van der Waals surface area contributed by atoms with Crippen LogP contribution in [0.3, 0.4) is 0 Å². The fourth-order valence-electron chi connectivity index (χ4n) is 4.99. The number of halogens is 1. The number of piperidine rings is 1. The summed E-state index contributed by atoms with van der Waals surface area (Å²) >= 11 is 3.48. The average Bonchev–Trinajstić information content (AvgIpc) is 3.30. The first-order valence-electron chi connectivity index (χ1n) is 12.5. The van der Waals surface area contributed by atoms with Crippen LogP contribution in [0.2, 0.25) is 0 Å². The highest BCUT2D eigenvalue weighted by molar-refractivity contribution is 9.10. The number of nitrogens with one attached hydrogen (secondary N) is 1. The van der Waals surface area contributed by atoms with Crippen molar-refractivity contribution in [1.29, 1.82) is 0 Å². The maximum atomic E-state index is 13.1. The third-order valence-corrected chi connectivity index (χ3v) is 7.54. The fourth-order valence-corrected chi connectivity index (χ4v) is 5.32. The molecule has 1 saturated heterocycles. The van der Waals surface area contributed by atoms with Crippen molar-refractivity contribution >= 4 is 33.2 Å². The van der Waals surface area contributed by atoms with Gasteiger partial charge in [0.1, 0.15) is 17.1 Å². The molecule has 5 rings (SSSR count). The predicted octanol–water partition coefficient (Wildman–Crippen LogP) is 5.98. The number of pyridine rings is 1. The highest BCUT2D eigenvalue weighted by Gasteiger charge is 2.21. The Hall–Kier alpha value is -3.32. The third-order valence-electron chi connectivity index (χ3n) is 7.05. The smallest absolute Gasteiger partial charge is 0.270 e. The molecule has 0 bridgehead atoms. The molecule has 3 heterocycles.